The first-order valence-corrected chi connectivity index (χ1v) is 12.7. The Labute approximate surface area is 215 Å². The van der Waals surface area contributed by atoms with Gasteiger partial charge in [-0.25, -0.2) is 0 Å². The number of aliphatic hydroxyl groups is 1. The molecule has 3 rings (SSSR count). The van der Waals surface area contributed by atoms with E-state index in [4.69, 9.17) is 4.74 Å². The van der Waals surface area contributed by atoms with Crippen LogP contribution in [0, 0.1) is 6.92 Å². The van der Waals surface area contributed by atoms with Crippen molar-refractivity contribution >= 4 is 17.4 Å². The number of amides is 1. The summed E-state index contributed by atoms with van der Waals surface area (Å²) in [6.07, 6.45) is 1.62. The van der Waals surface area contributed by atoms with E-state index in [9.17, 15) is 14.7 Å². The van der Waals surface area contributed by atoms with Crippen molar-refractivity contribution in [2.75, 3.05) is 33.8 Å². The zero-order chi connectivity index (χ0) is 26.6. The second-order valence-corrected chi connectivity index (χ2v) is 10.8. The number of ketones is 1. The Balaban J connectivity index is 2.09. The van der Waals surface area contributed by atoms with E-state index < -0.39 is 17.7 Å². The molecule has 1 amide bonds. The summed E-state index contributed by atoms with van der Waals surface area (Å²) < 4.78 is 5.71. The van der Waals surface area contributed by atoms with Crippen molar-refractivity contribution in [1.29, 1.82) is 0 Å². The summed E-state index contributed by atoms with van der Waals surface area (Å²) in [7, 11) is 3.96. The van der Waals surface area contributed by atoms with E-state index in [1.165, 1.54) is 0 Å². The summed E-state index contributed by atoms with van der Waals surface area (Å²) in [6, 6.07) is 12.8. The van der Waals surface area contributed by atoms with Gasteiger partial charge in [0.1, 0.15) is 11.5 Å². The number of benzene rings is 2. The predicted molar refractivity (Wildman–Crippen MR) is 144 cm³/mol. The number of rotatable bonds is 9. The van der Waals surface area contributed by atoms with Gasteiger partial charge in [0.15, 0.2) is 0 Å². The molecule has 1 aliphatic rings. The maximum atomic E-state index is 13.3. The average Bonchev–Trinajstić information content (AvgIpc) is 3.06. The molecular weight excluding hydrogens is 452 g/mol. The Hall–Kier alpha value is -3.12. The molecule has 1 heterocycles. The van der Waals surface area contributed by atoms with Gasteiger partial charge >= 0.3 is 0 Å². The lowest BCUT2D eigenvalue weighted by Crippen LogP contribution is -2.32. The fourth-order valence-electron chi connectivity index (χ4n) is 4.54. The topological polar surface area (TPSA) is 70.1 Å². The van der Waals surface area contributed by atoms with E-state index in [0.717, 1.165) is 36.1 Å². The molecule has 0 spiro atoms. The molecule has 0 saturated carbocycles. The second kappa shape index (κ2) is 11.3. The van der Waals surface area contributed by atoms with E-state index in [-0.39, 0.29) is 16.7 Å². The van der Waals surface area contributed by atoms with Crippen LogP contribution in [-0.4, -0.2) is 60.4 Å². The summed E-state index contributed by atoms with van der Waals surface area (Å²) in [5, 5.41) is 11.4. The molecule has 6 nitrogen and oxygen atoms in total. The normalized spacial score (nSPS) is 17.8. The molecule has 0 aliphatic carbocycles. The lowest BCUT2D eigenvalue weighted by atomic mass is 9.85. The largest absolute Gasteiger partial charge is 0.507 e. The van der Waals surface area contributed by atoms with Crippen molar-refractivity contribution in [1.82, 2.24) is 9.80 Å². The van der Waals surface area contributed by atoms with Gasteiger partial charge in [0, 0.05) is 12.1 Å². The number of likely N-dealkylation sites (tertiary alicyclic amines) is 1. The fraction of sp³-hybridized carbons (Fsp3) is 0.467. The van der Waals surface area contributed by atoms with Crippen molar-refractivity contribution in [3.05, 3.63) is 70.3 Å². The molecule has 0 aromatic heterocycles. The molecule has 194 valence electrons. The third-order valence-electron chi connectivity index (χ3n) is 6.56. The van der Waals surface area contributed by atoms with Gasteiger partial charge in [-0.3, -0.25) is 9.59 Å². The monoisotopic (exact) mass is 492 g/mol. The third kappa shape index (κ3) is 5.98. The predicted octanol–water partition coefficient (Wildman–Crippen LogP) is 5.45. The van der Waals surface area contributed by atoms with Crippen LogP contribution in [0.25, 0.3) is 5.76 Å². The van der Waals surface area contributed by atoms with Gasteiger partial charge in [-0.15, -0.1) is 0 Å². The lowest BCUT2D eigenvalue weighted by molar-refractivity contribution is -0.139. The summed E-state index contributed by atoms with van der Waals surface area (Å²) in [6.45, 7) is 12.2. The van der Waals surface area contributed by atoms with Crippen LogP contribution in [0.4, 0.5) is 0 Å². The Morgan fingerprint density at radius 2 is 1.75 bits per heavy atom. The van der Waals surface area contributed by atoms with Crippen molar-refractivity contribution in [2.24, 2.45) is 0 Å². The fourth-order valence-corrected chi connectivity index (χ4v) is 4.54. The summed E-state index contributed by atoms with van der Waals surface area (Å²) in [5.74, 6) is -0.647. The Morgan fingerprint density at radius 3 is 2.31 bits per heavy atom. The van der Waals surface area contributed by atoms with Crippen molar-refractivity contribution in [3.63, 3.8) is 0 Å². The maximum absolute atomic E-state index is 13.3. The quantitative estimate of drug-likeness (QED) is 0.286. The minimum absolute atomic E-state index is 0.0231. The number of ether oxygens (including phenoxy) is 1. The number of Topliss-reactive ketones (excluding diaryl/α,β-unsaturated/α-hetero) is 1. The lowest BCUT2D eigenvalue weighted by Gasteiger charge is -2.27. The first-order valence-electron chi connectivity index (χ1n) is 12.7. The molecule has 2 aromatic carbocycles. The molecule has 1 fully saturated rings. The molecule has 6 heteroatoms. The van der Waals surface area contributed by atoms with E-state index in [1.807, 2.05) is 58.3 Å². The highest BCUT2D eigenvalue weighted by Crippen LogP contribution is 2.40. The maximum Gasteiger partial charge on any atom is 0.295 e. The molecule has 1 aliphatic heterocycles. The van der Waals surface area contributed by atoms with Crippen LogP contribution in [0.2, 0.25) is 0 Å². The standard InChI is InChI=1S/C30H40N2O4/c1-8-18-36-23-14-15-24(20(2)19-23)27(33)25-26(21-10-12-22(13-11-21)30(3,4)5)32(29(35)28(25)34)17-9-16-31(6)7/h10-15,19,26,33H,8-9,16-18H2,1-7H3/t26-/m1/s1. The van der Waals surface area contributed by atoms with Crippen LogP contribution in [0.15, 0.2) is 48.0 Å². The molecule has 36 heavy (non-hydrogen) atoms. The van der Waals surface area contributed by atoms with Crippen LogP contribution in [0.3, 0.4) is 0 Å². The number of nitrogens with zero attached hydrogens (tertiary/aromatic N) is 2. The molecule has 1 N–H and O–H groups in total. The number of aliphatic hydroxyl groups excluding tert-OH is 1. The molecule has 0 radical (unpaired) electrons. The number of hydrogen-bond donors (Lipinski definition) is 1. The first kappa shape index (κ1) is 27.5. The Bertz CT molecular complexity index is 1130. The van der Waals surface area contributed by atoms with Crippen LogP contribution < -0.4 is 4.74 Å². The number of aryl methyl sites for hydroxylation is 1. The zero-order valence-corrected chi connectivity index (χ0v) is 22.7. The third-order valence-corrected chi connectivity index (χ3v) is 6.56. The summed E-state index contributed by atoms with van der Waals surface area (Å²) in [4.78, 5) is 30.2. The van der Waals surface area contributed by atoms with E-state index in [2.05, 4.69) is 25.7 Å². The van der Waals surface area contributed by atoms with Gasteiger partial charge < -0.3 is 19.6 Å². The highest BCUT2D eigenvalue weighted by molar-refractivity contribution is 6.46. The highest BCUT2D eigenvalue weighted by Gasteiger charge is 2.46. The first-order chi connectivity index (χ1) is 17.0. The number of carbonyl (C=O) groups excluding carboxylic acids is 2. The van der Waals surface area contributed by atoms with Gasteiger partial charge in [-0.2, -0.15) is 0 Å². The molecule has 0 unspecified atom stereocenters. The number of hydrogen-bond acceptors (Lipinski definition) is 5. The highest BCUT2D eigenvalue weighted by atomic mass is 16.5. The van der Waals surface area contributed by atoms with Gasteiger partial charge in [0.25, 0.3) is 11.7 Å². The number of carbonyl (C=O) groups is 2. The van der Waals surface area contributed by atoms with Gasteiger partial charge in [-0.05, 0) is 80.7 Å². The molecule has 1 saturated heterocycles. The molecule has 0 bridgehead atoms. The van der Waals surface area contributed by atoms with Gasteiger partial charge in [0.05, 0.1) is 18.2 Å². The SMILES string of the molecule is CCCOc1ccc(C(O)=C2C(=O)C(=O)N(CCCN(C)C)[C@@H]2c2ccc(C(C)(C)C)cc2)c(C)c1. The van der Waals surface area contributed by atoms with Crippen molar-refractivity contribution in [3.8, 4) is 5.75 Å². The summed E-state index contributed by atoms with van der Waals surface area (Å²) >= 11 is 0. The van der Waals surface area contributed by atoms with E-state index in [0.29, 0.717) is 24.5 Å². The Kier molecular flexibility index (Phi) is 8.62. The smallest absolute Gasteiger partial charge is 0.295 e. The van der Waals surface area contributed by atoms with Crippen LogP contribution in [0.1, 0.15) is 68.8 Å². The van der Waals surface area contributed by atoms with Gasteiger partial charge in [0.2, 0.25) is 0 Å². The second-order valence-electron chi connectivity index (χ2n) is 10.8. The minimum Gasteiger partial charge on any atom is -0.507 e. The van der Waals surface area contributed by atoms with Gasteiger partial charge in [-0.1, -0.05) is 52.0 Å². The summed E-state index contributed by atoms with van der Waals surface area (Å²) in [5.41, 5.74) is 3.40. The Morgan fingerprint density at radius 1 is 1.08 bits per heavy atom. The van der Waals surface area contributed by atoms with E-state index in [1.54, 1.807) is 17.0 Å². The molecule has 1 atom stereocenters. The van der Waals surface area contributed by atoms with Crippen LogP contribution in [0.5, 0.6) is 5.75 Å². The average molecular weight is 493 g/mol. The van der Waals surface area contributed by atoms with E-state index >= 15 is 0 Å². The molecular formula is C30H40N2O4. The molecule has 2 aromatic rings. The zero-order valence-electron chi connectivity index (χ0n) is 22.7. The van der Waals surface area contributed by atoms with Crippen molar-refractivity contribution in [2.45, 2.75) is 58.9 Å². The minimum atomic E-state index is -0.645. The van der Waals surface area contributed by atoms with Crippen LogP contribution >= 0.6 is 0 Å². The van der Waals surface area contributed by atoms with Crippen LogP contribution in [-0.2, 0) is 15.0 Å². The van der Waals surface area contributed by atoms with Crippen molar-refractivity contribution < 1.29 is 19.4 Å².